The molecule has 2 aromatic rings. The molecule has 0 radical (unpaired) electrons. The second-order valence-corrected chi connectivity index (χ2v) is 5.80. The number of carbonyl (C=O) groups excluding carboxylic acids is 1. The number of carbonyl (C=O) groups is 1. The zero-order chi connectivity index (χ0) is 14.0. The molecule has 0 aromatic heterocycles. The average Bonchev–Trinajstić information content (AvgIpc) is 2.38. The van der Waals surface area contributed by atoms with Crippen molar-refractivity contribution in [1.82, 2.24) is 0 Å². The maximum absolute atomic E-state index is 12.6. The third kappa shape index (κ3) is 2.62. The number of hydrogen-bond acceptors (Lipinski definition) is 1. The first-order chi connectivity index (χ1) is 8.95. The minimum atomic E-state index is -0.368. The molecule has 0 unspecified atom stereocenters. The predicted octanol–water partition coefficient (Wildman–Crippen LogP) is 4.24. The lowest BCUT2D eigenvalue weighted by atomic mass is 9.94. The third-order valence-electron chi connectivity index (χ3n) is 3.26. The highest BCUT2D eigenvalue weighted by atomic mass is 16.2. The largest absolute Gasteiger partial charge is 0.312 e. The monoisotopic (exact) mass is 255 g/mol. The van der Waals surface area contributed by atoms with E-state index in [0.29, 0.717) is 6.54 Å². The summed E-state index contributed by atoms with van der Waals surface area (Å²) in [5.74, 6) is 0.159. The van der Waals surface area contributed by atoms with E-state index < -0.39 is 0 Å². The van der Waals surface area contributed by atoms with Crippen molar-refractivity contribution in [2.24, 2.45) is 5.41 Å². The van der Waals surface area contributed by atoms with Gasteiger partial charge in [-0.1, -0.05) is 57.2 Å². The molecule has 19 heavy (non-hydrogen) atoms. The Morgan fingerprint density at radius 1 is 1.05 bits per heavy atom. The van der Waals surface area contributed by atoms with E-state index in [-0.39, 0.29) is 11.3 Å². The van der Waals surface area contributed by atoms with Gasteiger partial charge < -0.3 is 4.90 Å². The van der Waals surface area contributed by atoms with E-state index in [1.54, 1.807) is 0 Å². The summed E-state index contributed by atoms with van der Waals surface area (Å²) in [6, 6.07) is 14.3. The van der Waals surface area contributed by atoms with Gasteiger partial charge >= 0.3 is 0 Å². The van der Waals surface area contributed by atoms with Gasteiger partial charge in [0, 0.05) is 17.3 Å². The lowest BCUT2D eigenvalue weighted by molar-refractivity contribution is -0.125. The number of fused-ring (bicyclic) bond motifs is 1. The Balaban J connectivity index is 2.56. The molecule has 0 aliphatic rings. The van der Waals surface area contributed by atoms with Gasteiger partial charge in [0.25, 0.3) is 0 Å². The molecule has 2 heteroatoms. The first-order valence-electron chi connectivity index (χ1n) is 6.75. The zero-order valence-corrected chi connectivity index (χ0v) is 12.1. The molecule has 0 spiro atoms. The van der Waals surface area contributed by atoms with Crippen LogP contribution in [0, 0.1) is 5.41 Å². The summed E-state index contributed by atoms with van der Waals surface area (Å²) in [6.45, 7) is 8.59. The fourth-order valence-corrected chi connectivity index (χ4v) is 2.27. The molecule has 2 aromatic carbocycles. The normalized spacial score (nSPS) is 11.6. The van der Waals surface area contributed by atoms with Crippen molar-refractivity contribution in [2.75, 3.05) is 11.4 Å². The molecule has 0 aliphatic carbocycles. The first kappa shape index (κ1) is 13.6. The molecular formula is C17H21NO. The van der Waals surface area contributed by atoms with Crippen LogP contribution >= 0.6 is 0 Å². The molecule has 0 fully saturated rings. The van der Waals surface area contributed by atoms with Crippen LogP contribution in [0.1, 0.15) is 27.7 Å². The Morgan fingerprint density at radius 2 is 1.68 bits per heavy atom. The summed E-state index contributed by atoms with van der Waals surface area (Å²) < 4.78 is 0. The van der Waals surface area contributed by atoms with Crippen LogP contribution in [0.3, 0.4) is 0 Å². The third-order valence-corrected chi connectivity index (χ3v) is 3.26. The Bertz CT molecular complexity index is 590. The predicted molar refractivity (Wildman–Crippen MR) is 81.4 cm³/mol. The van der Waals surface area contributed by atoms with Crippen molar-refractivity contribution >= 4 is 22.4 Å². The molecule has 2 nitrogen and oxygen atoms in total. The van der Waals surface area contributed by atoms with Crippen LogP contribution in [0.2, 0.25) is 0 Å². The van der Waals surface area contributed by atoms with Gasteiger partial charge in [-0.15, -0.1) is 0 Å². The second kappa shape index (κ2) is 5.04. The smallest absolute Gasteiger partial charge is 0.232 e. The van der Waals surface area contributed by atoms with Gasteiger partial charge in [0.2, 0.25) is 5.91 Å². The molecular weight excluding hydrogens is 234 g/mol. The average molecular weight is 255 g/mol. The van der Waals surface area contributed by atoms with E-state index in [1.807, 2.05) is 56.9 Å². The fourth-order valence-electron chi connectivity index (χ4n) is 2.27. The molecule has 0 saturated carbocycles. The van der Waals surface area contributed by atoms with Gasteiger partial charge in [-0.3, -0.25) is 4.79 Å². The Morgan fingerprint density at radius 3 is 2.32 bits per heavy atom. The van der Waals surface area contributed by atoms with E-state index in [0.717, 1.165) is 11.1 Å². The maximum Gasteiger partial charge on any atom is 0.232 e. The zero-order valence-electron chi connectivity index (χ0n) is 12.1. The number of amides is 1. The van der Waals surface area contributed by atoms with Gasteiger partial charge in [-0.2, -0.15) is 0 Å². The van der Waals surface area contributed by atoms with Crippen LogP contribution in [-0.4, -0.2) is 12.5 Å². The molecule has 0 aliphatic heterocycles. The fraction of sp³-hybridized carbons (Fsp3) is 0.353. The standard InChI is InChI=1S/C17H21NO/c1-5-18(16(19)17(2,3)4)15-12-8-10-13-9-6-7-11-14(13)15/h6-12H,5H2,1-4H3. The van der Waals surface area contributed by atoms with Crippen molar-refractivity contribution in [3.63, 3.8) is 0 Å². The van der Waals surface area contributed by atoms with Crippen LogP contribution in [-0.2, 0) is 4.79 Å². The summed E-state index contributed by atoms with van der Waals surface area (Å²) in [5.41, 5.74) is 0.632. The van der Waals surface area contributed by atoms with Gasteiger partial charge in [0.15, 0.2) is 0 Å². The summed E-state index contributed by atoms with van der Waals surface area (Å²) in [6.07, 6.45) is 0. The number of anilines is 1. The highest BCUT2D eigenvalue weighted by Gasteiger charge is 2.27. The summed E-state index contributed by atoms with van der Waals surface area (Å²) in [5, 5.41) is 2.30. The van der Waals surface area contributed by atoms with E-state index in [4.69, 9.17) is 0 Å². The van der Waals surface area contributed by atoms with Crippen molar-refractivity contribution in [3.8, 4) is 0 Å². The van der Waals surface area contributed by atoms with Gasteiger partial charge in [0.1, 0.15) is 0 Å². The molecule has 0 atom stereocenters. The molecule has 2 rings (SSSR count). The van der Waals surface area contributed by atoms with Crippen LogP contribution < -0.4 is 4.90 Å². The lowest BCUT2D eigenvalue weighted by Crippen LogP contribution is -2.39. The second-order valence-electron chi connectivity index (χ2n) is 5.80. The van der Waals surface area contributed by atoms with Gasteiger partial charge in [0.05, 0.1) is 5.69 Å². The number of nitrogens with zero attached hydrogens (tertiary/aromatic N) is 1. The molecule has 0 saturated heterocycles. The van der Waals surface area contributed by atoms with Crippen LogP contribution in [0.25, 0.3) is 10.8 Å². The summed E-state index contributed by atoms with van der Waals surface area (Å²) in [7, 11) is 0. The summed E-state index contributed by atoms with van der Waals surface area (Å²) in [4.78, 5) is 14.4. The van der Waals surface area contributed by atoms with Crippen molar-refractivity contribution in [3.05, 3.63) is 42.5 Å². The van der Waals surface area contributed by atoms with Gasteiger partial charge in [-0.05, 0) is 18.4 Å². The minimum absolute atomic E-state index is 0.159. The minimum Gasteiger partial charge on any atom is -0.312 e. The van der Waals surface area contributed by atoms with Gasteiger partial charge in [-0.25, -0.2) is 0 Å². The number of benzene rings is 2. The molecule has 0 N–H and O–H groups in total. The Hall–Kier alpha value is -1.83. The highest BCUT2D eigenvalue weighted by molar-refractivity contribution is 6.05. The highest BCUT2D eigenvalue weighted by Crippen LogP contribution is 2.29. The topological polar surface area (TPSA) is 20.3 Å². The van der Waals surface area contributed by atoms with Crippen molar-refractivity contribution < 1.29 is 4.79 Å². The SMILES string of the molecule is CCN(C(=O)C(C)(C)C)c1cccc2ccccc12. The van der Waals surface area contributed by atoms with Crippen LogP contribution in [0.4, 0.5) is 5.69 Å². The Kier molecular flexibility index (Phi) is 3.61. The van der Waals surface area contributed by atoms with Crippen LogP contribution in [0.5, 0.6) is 0 Å². The van der Waals surface area contributed by atoms with E-state index in [9.17, 15) is 4.79 Å². The first-order valence-corrected chi connectivity index (χ1v) is 6.75. The number of hydrogen-bond donors (Lipinski definition) is 0. The van der Waals surface area contributed by atoms with Crippen molar-refractivity contribution in [2.45, 2.75) is 27.7 Å². The summed E-state index contributed by atoms with van der Waals surface area (Å²) >= 11 is 0. The van der Waals surface area contributed by atoms with E-state index in [1.165, 1.54) is 5.39 Å². The molecule has 1 amide bonds. The van der Waals surface area contributed by atoms with Crippen LogP contribution in [0.15, 0.2) is 42.5 Å². The van der Waals surface area contributed by atoms with Crippen molar-refractivity contribution in [1.29, 1.82) is 0 Å². The van der Waals surface area contributed by atoms with E-state index >= 15 is 0 Å². The molecule has 100 valence electrons. The van der Waals surface area contributed by atoms with E-state index in [2.05, 4.69) is 18.2 Å². The molecule has 0 bridgehead atoms. The number of rotatable bonds is 2. The Labute approximate surface area is 115 Å². The molecule has 0 heterocycles. The maximum atomic E-state index is 12.6. The quantitative estimate of drug-likeness (QED) is 0.786. The lowest BCUT2D eigenvalue weighted by Gasteiger charge is -2.29.